The van der Waals surface area contributed by atoms with Gasteiger partial charge in [-0.25, -0.2) is 0 Å². The van der Waals surface area contributed by atoms with E-state index in [9.17, 15) is 4.79 Å². The zero-order chi connectivity index (χ0) is 12.9. The van der Waals surface area contributed by atoms with E-state index in [-0.39, 0.29) is 11.9 Å². The highest BCUT2D eigenvalue weighted by molar-refractivity contribution is 7.80. The van der Waals surface area contributed by atoms with Gasteiger partial charge in [0.2, 0.25) is 5.91 Å². The van der Waals surface area contributed by atoms with Crippen molar-refractivity contribution in [1.82, 2.24) is 4.90 Å². The first-order valence-corrected chi connectivity index (χ1v) is 6.35. The Bertz CT molecular complexity index is 262. The summed E-state index contributed by atoms with van der Waals surface area (Å²) in [4.78, 5) is 14.5. The predicted molar refractivity (Wildman–Crippen MR) is 72.3 cm³/mol. The van der Waals surface area contributed by atoms with Gasteiger partial charge in [0.1, 0.15) is 0 Å². The SMILES string of the molecule is CCC(C)N(C)C(=O)C(CC)(CC)C(N)=S. The van der Waals surface area contributed by atoms with Crippen molar-refractivity contribution < 1.29 is 4.79 Å². The molecule has 1 atom stereocenters. The Morgan fingerprint density at radius 1 is 1.38 bits per heavy atom. The quantitative estimate of drug-likeness (QED) is 0.729. The van der Waals surface area contributed by atoms with Gasteiger partial charge in [-0.3, -0.25) is 4.79 Å². The summed E-state index contributed by atoms with van der Waals surface area (Å²) in [6, 6.07) is 0.222. The highest BCUT2D eigenvalue weighted by atomic mass is 32.1. The fourth-order valence-corrected chi connectivity index (χ4v) is 2.19. The van der Waals surface area contributed by atoms with Crippen LogP contribution in [-0.2, 0) is 4.79 Å². The smallest absolute Gasteiger partial charge is 0.235 e. The fourth-order valence-electron chi connectivity index (χ4n) is 1.82. The first-order chi connectivity index (χ1) is 7.37. The average molecular weight is 244 g/mol. The molecule has 0 radical (unpaired) electrons. The average Bonchev–Trinajstić information content (AvgIpc) is 2.28. The molecule has 0 saturated heterocycles. The first-order valence-electron chi connectivity index (χ1n) is 5.94. The van der Waals surface area contributed by atoms with Crippen LogP contribution in [0.15, 0.2) is 0 Å². The molecule has 0 aromatic carbocycles. The van der Waals surface area contributed by atoms with Gasteiger partial charge in [0.25, 0.3) is 0 Å². The Balaban J connectivity index is 5.10. The van der Waals surface area contributed by atoms with Crippen molar-refractivity contribution >= 4 is 23.1 Å². The summed E-state index contributed by atoms with van der Waals surface area (Å²) in [5.74, 6) is 0.0550. The van der Waals surface area contributed by atoms with E-state index >= 15 is 0 Å². The van der Waals surface area contributed by atoms with Gasteiger partial charge in [-0.15, -0.1) is 0 Å². The number of carbonyl (C=O) groups excluding carboxylic acids is 1. The number of nitrogens with zero attached hydrogens (tertiary/aromatic N) is 1. The van der Waals surface area contributed by atoms with Crippen molar-refractivity contribution in [3.05, 3.63) is 0 Å². The van der Waals surface area contributed by atoms with E-state index in [1.54, 1.807) is 4.90 Å². The molecule has 0 heterocycles. The molecule has 0 aliphatic rings. The monoisotopic (exact) mass is 244 g/mol. The third-order valence-electron chi connectivity index (χ3n) is 3.66. The molecule has 0 aliphatic heterocycles. The fraction of sp³-hybridized carbons (Fsp3) is 0.833. The predicted octanol–water partition coefficient (Wildman–Crippen LogP) is 2.34. The maximum atomic E-state index is 12.4. The highest BCUT2D eigenvalue weighted by Crippen LogP contribution is 2.30. The van der Waals surface area contributed by atoms with E-state index in [4.69, 9.17) is 18.0 Å². The molecule has 2 N–H and O–H groups in total. The Hall–Kier alpha value is -0.640. The zero-order valence-electron chi connectivity index (χ0n) is 11.0. The van der Waals surface area contributed by atoms with Crippen molar-refractivity contribution in [2.75, 3.05) is 7.05 Å². The number of hydrogen-bond acceptors (Lipinski definition) is 2. The third kappa shape index (κ3) is 2.73. The maximum Gasteiger partial charge on any atom is 0.235 e. The molecule has 16 heavy (non-hydrogen) atoms. The Morgan fingerprint density at radius 2 is 1.81 bits per heavy atom. The summed E-state index contributed by atoms with van der Waals surface area (Å²) in [5, 5.41) is 0. The molecule has 1 unspecified atom stereocenters. The van der Waals surface area contributed by atoms with Crippen LogP contribution in [0, 0.1) is 5.41 Å². The van der Waals surface area contributed by atoms with E-state index in [0.29, 0.717) is 17.8 Å². The molecule has 0 aliphatic carbocycles. The lowest BCUT2D eigenvalue weighted by molar-refractivity contribution is -0.139. The minimum atomic E-state index is -0.659. The Kier molecular flexibility index (Phi) is 5.94. The van der Waals surface area contributed by atoms with Crippen LogP contribution in [0.1, 0.15) is 47.0 Å². The lowest BCUT2D eigenvalue weighted by atomic mass is 9.80. The van der Waals surface area contributed by atoms with Gasteiger partial charge in [-0.05, 0) is 26.2 Å². The Morgan fingerprint density at radius 3 is 2.06 bits per heavy atom. The van der Waals surface area contributed by atoms with Crippen LogP contribution in [0.2, 0.25) is 0 Å². The van der Waals surface area contributed by atoms with Crippen LogP contribution in [0.25, 0.3) is 0 Å². The van der Waals surface area contributed by atoms with E-state index in [1.807, 2.05) is 27.8 Å². The van der Waals surface area contributed by atoms with Gasteiger partial charge in [0, 0.05) is 13.1 Å². The molecule has 94 valence electrons. The lowest BCUT2D eigenvalue weighted by Crippen LogP contribution is -2.51. The summed E-state index contributed by atoms with van der Waals surface area (Å²) in [7, 11) is 1.83. The molecule has 0 aromatic rings. The van der Waals surface area contributed by atoms with E-state index in [0.717, 1.165) is 6.42 Å². The van der Waals surface area contributed by atoms with Crippen molar-refractivity contribution in [1.29, 1.82) is 0 Å². The first kappa shape index (κ1) is 15.4. The molecule has 1 amide bonds. The van der Waals surface area contributed by atoms with Gasteiger partial charge in [-0.2, -0.15) is 0 Å². The summed E-state index contributed by atoms with van der Waals surface area (Å²) in [6.07, 6.45) is 2.26. The molecular weight excluding hydrogens is 220 g/mol. The normalized spacial score (nSPS) is 13.3. The third-order valence-corrected chi connectivity index (χ3v) is 4.05. The molecule has 3 nitrogen and oxygen atoms in total. The molecule has 4 heteroatoms. The molecule has 0 fully saturated rings. The second kappa shape index (κ2) is 6.18. The highest BCUT2D eigenvalue weighted by Gasteiger charge is 2.40. The van der Waals surface area contributed by atoms with Gasteiger partial charge in [-0.1, -0.05) is 33.0 Å². The molecule has 0 aromatic heterocycles. The van der Waals surface area contributed by atoms with E-state index in [1.165, 1.54) is 0 Å². The van der Waals surface area contributed by atoms with Crippen molar-refractivity contribution in [3.8, 4) is 0 Å². The standard InChI is InChI=1S/C12H24N2OS/c1-6-9(4)14(5)11(15)12(7-2,8-3)10(13)16/h9H,6-8H2,1-5H3,(H2,13,16). The van der Waals surface area contributed by atoms with Gasteiger partial charge in [0.15, 0.2) is 0 Å². The Labute approximate surface area is 104 Å². The molecular formula is C12H24N2OS. The minimum Gasteiger partial charge on any atom is -0.392 e. The molecule has 0 spiro atoms. The van der Waals surface area contributed by atoms with Crippen molar-refractivity contribution in [2.24, 2.45) is 11.1 Å². The van der Waals surface area contributed by atoms with Crippen molar-refractivity contribution in [2.45, 2.75) is 53.0 Å². The van der Waals surface area contributed by atoms with E-state index in [2.05, 4.69) is 6.92 Å². The van der Waals surface area contributed by atoms with Gasteiger partial charge in [0.05, 0.1) is 10.4 Å². The number of amides is 1. The van der Waals surface area contributed by atoms with Crippen LogP contribution in [-0.4, -0.2) is 28.9 Å². The summed E-state index contributed by atoms with van der Waals surface area (Å²) in [6.45, 7) is 8.03. The second-order valence-electron chi connectivity index (χ2n) is 4.33. The maximum absolute atomic E-state index is 12.4. The number of hydrogen-bond donors (Lipinski definition) is 1. The minimum absolute atomic E-state index is 0.0550. The van der Waals surface area contributed by atoms with Crippen LogP contribution in [0.4, 0.5) is 0 Å². The number of carbonyl (C=O) groups is 1. The van der Waals surface area contributed by atoms with Crippen LogP contribution in [0.3, 0.4) is 0 Å². The van der Waals surface area contributed by atoms with Gasteiger partial charge < -0.3 is 10.6 Å². The summed E-state index contributed by atoms with van der Waals surface area (Å²) < 4.78 is 0. The summed E-state index contributed by atoms with van der Waals surface area (Å²) >= 11 is 5.08. The van der Waals surface area contributed by atoms with Crippen LogP contribution >= 0.6 is 12.2 Å². The number of nitrogens with two attached hydrogens (primary N) is 1. The van der Waals surface area contributed by atoms with Crippen molar-refractivity contribution in [3.63, 3.8) is 0 Å². The number of thiocarbonyl (C=S) groups is 1. The molecule has 0 saturated carbocycles. The number of rotatable bonds is 6. The summed E-state index contributed by atoms with van der Waals surface area (Å²) in [5.41, 5.74) is 5.10. The zero-order valence-corrected chi connectivity index (χ0v) is 11.9. The van der Waals surface area contributed by atoms with Gasteiger partial charge >= 0.3 is 0 Å². The van der Waals surface area contributed by atoms with Crippen LogP contribution in [0.5, 0.6) is 0 Å². The topological polar surface area (TPSA) is 46.3 Å². The molecule has 0 bridgehead atoms. The molecule has 0 rings (SSSR count). The van der Waals surface area contributed by atoms with E-state index < -0.39 is 5.41 Å². The van der Waals surface area contributed by atoms with Crippen LogP contribution < -0.4 is 5.73 Å². The largest absolute Gasteiger partial charge is 0.392 e. The lowest BCUT2D eigenvalue weighted by Gasteiger charge is -2.36. The second-order valence-corrected chi connectivity index (χ2v) is 4.77.